The van der Waals surface area contributed by atoms with Gasteiger partial charge in [0, 0.05) is 32.0 Å². The first kappa shape index (κ1) is 12.0. The number of morpholine rings is 1. The third kappa shape index (κ3) is 3.25. The molecule has 0 spiro atoms. The molecule has 1 aromatic heterocycles. The number of rotatable bonds is 3. The summed E-state index contributed by atoms with van der Waals surface area (Å²) in [6, 6.07) is 3.93. The lowest BCUT2D eigenvalue weighted by atomic mass is 10.2. The van der Waals surface area contributed by atoms with Crippen LogP contribution < -0.4 is 0 Å². The summed E-state index contributed by atoms with van der Waals surface area (Å²) in [5.74, 6) is -0.305. The van der Waals surface area contributed by atoms with Crippen molar-refractivity contribution in [3.8, 4) is 0 Å². The van der Waals surface area contributed by atoms with E-state index in [4.69, 9.17) is 4.74 Å². The van der Waals surface area contributed by atoms with E-state index in [9.17, 15) is 4.79 Å². The number of carbonyl (C=O) groups is 1. The Kier molecular flexibility index (Phi) is 4.06. The number of methoxy groups -OCH3 is 1. The van der Waals surface area contributed by atoms with Crippen molar-refractivity contribution in [2.75, 3.05) is 26.8 Å². The molecule has 1 aliphatic heterocycles. The van der Waals surface area contributed by atoms with E-state index in [1.165, 1.54) is 7.11 Å². The average molecular weight is 236 g/mol. The maximum Gasteiger partial charge on any atom is 0.336 e. The second-order valence-electron chi connectivity index (χ2n) is 3.98. The molecular weight excluding hydrogens is 220 g/mol. The van der Waals surface area contributed by atoms with E-state index in [1.807, 2.05) is 18.3 Å². The van der Waals surface area contributed by atoms with Crippen LogP contribution in [0.25, 0.3) is 0 Å². The zero-order chi connectivity index (χ0) is 12.1. The average Bonchev–Trinajstić information content (AvgIpc) is 2.39. The van der Waals surface area contributed by atoms with Crippen molar-refractivity contribution in [3.63, 3.8) is 0 Å². The Morgan fingerprint density at radius 2 is 2.59 bits per heavy atom. The molecular formula is C12H16N2O3. The van der Waals surface area contributed by atoms with Crippen LogP contribution in [0, 0.1) is 0 Å². The van der Waals surface area contributed by atoms with Crippen LogP contribution in [-0.2, 0) is 20.8 Å². The van der Waals surface area contributed by atoms with E-state index in [0.717, 1.165) is 18.7 Å². The van der Waals surface area contributed by atoms with Crippen LogP contribution in [0.5, 0.6) is 0 Å². The van der Waals surface area contributed by atoms with Gasteiger partial charge in [0.2, 0.25) is 0 Å². The molecule has 0 bridgehead atoms. The Hall–Kier alpha value is -1.46. The predicted octanol–water partition coefficient (Wildman–Crippen LogP) is 0.455. The van der Waals surface area contributed by atoms with Crippen LogP contribution in [0.2, 0.25) is 0 Å². The van der Waals surface area contributed by atoms with Crippen LogP contribution in [0.15, 0.2) is 24.5 Å². The Balaban J connectivity index is 1.92. The molecule has 0 radical (unpaired) electrons. The first-order chi connectivity index (χ1) is 8.29. The van der Waals surface area contributed by atoms with Crippen molar-refractivity contribution in [1.29, 1.82) is 0 Å². The van der Waals surface area contributed by atoms with E-state index >= 15 is 0 Å². The van der Waals surface area contributed by atoms with Gasteiger partial charge in [-0.3, -0.25) is 9.88 Å². The zero-order valence-electron chi connectivity index (χ0n) is 9.83. The number of hydrogen-bond donors (Lipinski definition) is 0. The molecule has 0 saturated carbocycles. The topological polar surface area (TPSA) is 51.7 Å². The van der Waals surface area contributed by atoms with E-state index in [2.05, 4.69) is 14.6 Å². The summed E-state index contributed by atoms with van der Waals surface area (Å²) in [5, 5.41) is 0. The van der Waals surface area contributed by atoms with Gasteiger partial charge in [0.25, 0.3) is 0 Å². The summed E-state index contributed by atoms with van der Waals surface area (Å²) in [6.45, 7) is 2.73. The molecule has 2 heterocycles. The van der Waals surface area contributed by atoms with Crippen LogP contribution in [0.4, 0.5) is 0 Å². The SMILES string of the molecule is COC(=O)C1CN(Cc2cccnc2)CCO1. The van der Waals surface area contributed by atoms with E-state index in [-0.39, 0.29) is 5.97 Å². The lowest BCUT2D eigenvalue weighted by molar-refractivity contribution is -0.160. The molecule has 0 aromatic carbocycles. The minimum Gasteiger partial charge on any atom is -0.467 e. The summed E-state index contributed by atoms with van der Waals surface area (Å²) in [6.07, 6.45) is 3.12. The van der Waals surface area contributed by atoms with E-state index < -0.39 is 6.10 Å². The molecule has 92 valence electrons. The van der Waals surface area contributed by atoms with Crippen molar-refractivity contribution in [3.05, 3.63) is 30.1 Å². The minimum absolute atomic E-state index is 0.305. The smallest absolute Gasteiger partial charge is 0.336 e. The molecule has 1 fully saturated rings. The van der Waals surface area contributed by atoms with Gasteiger partial charge in [0.05, 0.1) is 13.7 Å². The van der Waals surface area contributed by atoms with Crippen molar-refractivity contribution >= 4 is 5.97 Å². The number of carbonyl (C=O) groups excluding carboxylic acids is 1. The van der Waals surface area contributed by atoms with Crippen molar-refractivity contribution < 1.29 is 14.3 Å². The Labute approximate surface area is 100 Å². The van der Waals surface area contributed by atoms with Gasteiger partial charge in [-0.2, -0.15) is 0 Å². The van der Waals surface area contributed by atoms with Crippen molar-refractivity contribution in [2.24, 2.45) is 0 Å². The summed E-state index contributed by atoms with van der Waals surface area (Å²) < 4.78 is 10.1. The highest BCUT2D eigenvalue weighted by molar-refractivity contribution is 5.74. The van der Waals surface area contributed by atoms with Crippen molar-refractivity contribution in [2.45, 2.75) is 12.6 Å². The molecule has 1 saturated heterocycles. The number of pyridine rings is 1. The summed E-state index contributed by atoms with van der Waals surface area (Å²) in [4.78, 5) is 17.6. The van der Waals surface area contributed by atoms with Gasteiger partial charge in [0.15, 0.2) is 6.10 Å². The first-order valence-electron chi connectivity index (χ1n) is 5.60. The molecule has 1 aliphatic rings. The summed E-state index contributed by atoms with van der Waals surface area (Å²) in [5.41, 5.74) is 1.14. The standard InChI is InChI=1S/C12H16N2O3/c1-16-12(15)11-9-14(5-6-17-11)8-10-3-2-4-13-7-10/h2-4,7,11H,5-6,8-9H2,1H3. The third-order valence-corrected chi connectivity index (χ3v) is 2.74. The van der Waals surface area contributed by atoms with Crippen LogP contribution in [-0.4, -0.2) is 48.8 Å². The lowest BCUT2D eigenvalue weighted by Gasteiger charge is -2.31. The molecule has 0 N–H and O–H groups in total. The monoisotopic (exact) mass is 236 g/mol. The number of ether oxygens (including phenoxy) is 2. The molecule has 0 amide bonds. The van der Waals surface area contributed by atoms with Crippen molar-refractivity contribution in [1.82, 2.24) is 9.88 Å². The number of hydrogen-bond acceptors (Lipinski definition) is 5. The lowest BCUT2D eigenvalue weighted by Crippen LogP contribution is -2.46. The highest BCUT2D eigenvalue weighted by Gasteiger charge is 2.27. The largest absolute Gasteiger partial charge is 0.467 e. The fraction of sp³-hybridized carbons (Fsp3) is 0.500. The Morgan fingerprint density at radius 1 is 1.71 bits per heavy atom. The predicted molar refractivity (Wildman–Crippen MR) is 61.3 cm³/mol. The fourth-order valence-corrected chi connectivity index (χ4v) is 1.87. The Bertz CT molecular complexity index is 369. The zero-order valence-corrected chi connectivity index (χ0v) is 9.83. The van der Waals surface area contributed by atoms with Crippen LogP contribution in [0.3, 0.4) is 0 Å². The molecule has 0 aliphatic carbocycles. The molecule has 1 atom stereocenters. The molecule has 5 heteroatoms. The Morgan fingerprint density at radius 3 is 3.29 bits per heavy atom. The van der Waals surface area contributed by atoms with Gasteiger partial charge in [-0.15, -0.1) is 0 Å². The molecule has 5 nitrogen and oxygen atoms in total. The normalized spacial score (nSPS) is 21.1. The molecule has 2 rings (SSSR count). The highest BCUT2D eigenvalue weighted by atomic mass is 16.6. The molecule has 1 aromatic rings. The number of aromatic nitrogens is 1. The number of esters is 1. The van der Waals surface area contributed by atoms with E-state index in [1.54, 1.807) is 6.20 Å². The van der Waals surface area contributed by atoms with Crippen LogP contribution in [0.1, 0.15) is 5.56 Å². The first-order valence-corrected chi connectivity index (χ1v) is 5.60. The van der Waals surface area contributed by atoms with Gasteiger partial charge in [-0.05, 0) is 11.6 Å². The van der Waals surface area contributed by atoms with Gasteiger partial charge in [0.1, 0.15) is 0 Å². The number of nitrogens with zero attached hydrogens (tertiary/aromatic N) is 2. The second-order valence-corrected chi connectivity index (χ2v) is 3.98. The van der Waals surface area contributed by atoms with Gasteiger partial charge < -0.3 is 9.47 Å². The second kappa shape index (κ2) is 5.75. The maximum atomic E-state index is 11.4. The summed E-state index contributed by atoms with van der Waals surface area (Å²) >= 11 is 0. The van der Waals surface area contributed by atoms with Gasteiger partial charge in [-0.25, -0.2) is 4.79 Å². The summed E-state index contributed by atoms with van der Waals surface area (Å²) in [7, 11) is 1.38. The van der Waals surface area contributed by atoms with Gasteiger partial charge in [-0.1, -0.05) is 6.07 Å². The molecule has 1 unspecified atom stereocenters. The van der Waals surface area contributed by atoms with E-state index in [0.29, 0.717) is 13.2 Å². The van der Waals surface area contributed by atoms with Crippen LogP contribution >= 0.6 is 0 Å². The highest BCUT2D eigenvalue weighted by Crippen LogP contribution is 2.10. The van der Waals surface area contributed by atoms with Gasteiger partial charge >= 0.3 is 5.97 Å². The molecule has 17 heavy (non-hydrogen) atoms. The minimum atomic E-state index is -0.467. The third-order valence-electron chi connectivity index (χ3n) is 2.74. The maximum absolute atomic E-state index is 11.4. The quantitative estimate of drug-likeness (QED) is 0.713. The fourth-order valence-electron chi connectivity index (χ4n) is 1.87.